The van der Waals surface area contributed by atoms with Crippen molar-refractivity contribution in [2.45, 2.75) is 29.9 Å². The van der Waals surface area contributed by atoms with Gasteiger partial charge in [0.2, 0.25) is 5.91 Å². The quantitative estimate of drug-likeness (QED) is 0.617. The molecule has 0 spiro atoms. The molecule has 3 amide bonds. The predicted molar refractivity (Wildman–Crippen MR) is 101 cm³/mol. The number of piperazine rings is 1. The third-order valence-corrected chi connectivity index (χ3v) is 7.70. The van der Waals surface area contributed by atoms with Crippen LogP contribution >= 0.6 is 22.9 Å². The molecule has 8 nitrogen and oxygen atoms in total. The van der Waals surface area contributed by atoms with E-state index in [2.05, 4.69) is 5.32 Å². The molecule has 1 fully saturated rings. The Balaban J connectivity index is 1.72. The number of thiophene rings is 1. The van der Waals surface area contributed by atoms with Crippen molar-refractivity contribution in [1.29, 1.82) is 0 Å². The lowest BCUT2D eigenvalue weighted by Crippen LogP contribution is -2.50. The van der Waals surface area contributed by atoms with Crippen LogP contribution in [0.2, 0.25) is 4.34 Å². The van der Waals surface area contributed by atoms with Crippen LogP contribution in [0, 0.1) is 0 Å². The van der Waals surface area contributed by atoms with Gasteiger partial charge in [0.05, 0.1) is 4.34 Å². The number of primary amides is 1. The highest BCUT2D eigenvalue weighted by Gasteiger charge is 2.30. The number of urea groups is 1. The second-order valence-electron chi connectivity index (χ2n) is 5.95. The molecule has 1 aliphatic heterocycles. The van der Waals surface area contributed by atoms with Crippen LogP contribution < -0.4 is 11.1 Å². The highest BCUT2D eigenvalue weighted by atomic mass is 35.5. The third-order valence-electron chi connectivity index (χ3n) is 4.10. The third kappa shape index (κ3) is 5.83. The number of amides is 3. The average molecular weight is 423 g/mol. The fourth-order valence-electron chi connectivity index (χ4n) is 2.69. The van der Waals surface area contributed by atoms with E-state index in [0.29, 0.717) is 30.4 Å². The smallest absolute Gasteiger partial charge is 0.312 e. The summed E-state index contributed by atoms with van der Waals surface area (Å²) in [5.74, 6) is 0.0316. The van der Waals surface area contributed by atoms with E-state index in [0.717, 1.165) is 30.6 Å². The van der Waals surface area contributed by atoms with Crippen LogP contribution in [-0.2, 0) is 14.8 Å². The summed E-state index contributed by atoms with van der Waals surface area (Å²) in [4.78, 5) is 24.5. The first kappa shape index (κ1) is 20.9. The minimum absolute atomic E-state index is 0.0316. The number of carbonyl (C=O) groups excluding carboxylic acids is 2. The molecular weight excluding hydrogens is 400 g/mol. The summed E-state index contributed by atoms with van der Waals surface area (Å²) in [6.07, 6.45) is 2.74. The number of hydrogen-bond acceptors (Lipinski definition) is 5. The van der Waals surface area contributed by atoms with Crippen LogP contribution in [0.3, 0.4) is 0 Å². The lowest BCUT2D eigenvalue weighted by Gasteiger charge is -2.33. The molecule has 0 bridgehead atoms. The summed E-state index contributed by atoms with van der Waals surface area (Å²) < 4.78 is 27.1. The lowest BCUT2D eigenvalue weighted by atomic mass is 10.1. The second kappa shape index (κ2) is 9.54. The van der Waals surface area contributed by atoms with Crippen molar-refractivity contribution in [3.63, 3.8) is 0 Å². The highest BCUT2D eigenvalue weighted by molar-refractivity contribution is 7.91. The van der Waals surface area contributed by atoms with E-state index in [1.807, 2.05) is 0 Å². The number of sulfonamides is 1. The molecule has 0 atom stereocenters. The fourth-order valence-corrected chi connectivity index (χ4v) is 5.75. The normalized spacial score (nSPS) is 15.8. The maximum absolute atomic E-state index is 12.5. The summed E-state index contributed by atoms with van der Waals surface area (Å²) >= 11 is 6.86. The van der Waals surface area contributed by atoms with Crippen LogP contribution in [0.25, 0.3) is 0 Å². The van der Waals surface area contributed by atoms with Gasteiger partial charge in [0.1, 0.15) is 4.21 Å². The first-order valence-corrected chi connectivity index (χ1v) is 11.0. The Hall–Kier alpha value is -1.36. The van der Waals surface area contributed by atoms with Gasteiger partial charge in [-0.1, -0.05) is 18.0 Å². The molecule has 3 N–H and O–H groups in total. The Morgan fingerprint density at radius 3 is 2.42 bits per heavy atom. The molecule has 0 aromatic carbocycles. The van der Waals surface area contributed by atoms with Crippen molar-refractivity contribution >= 4 is 44.9 Å². The zero-order valence-electron chi connectivity index (χ0n) is 14.3. The van der Waals surface area contributed by atoms with Gasteiger partial charge >= 0.3 is 6.03 Å². The minimum Gasteiger partial charge on any atom is -0.352 e. The monoisotopic (exact) mass is 422 g/mol. The fraction of sp³-hybridized carbons (Fsp3) is 0.600. The van der Waals surface area contributed by atoms with Crippen molar-refractivity contribution in [2.24, 2.45) is 5.73 Å². The molecule has 2 rings (SSSR count). The topological polar surface area (TPSA) is 113 Å². The molecular formula is C15H23ClN4O4S2. The molecule has 1 aliphatic rings. The van der Waals surface area contributed by atoms with Crippen molar-refractivity contribution < 1.29 is 18.0 Å². The molecule has 11 heteroatoms. The molecule has 2 heterocycles. The SMILES string of the molecule is NC(=O)NCCCCCC(=O)N1CCN(S(=O)(=O)c2ccc(Cl)s2)CC1. The summed E-state index contributed by atoms with van der Waals surface area (Å²) in [6.45, 7) is 1.85. The van der Waals surface area contributed by atoms with E-state index < -0.39 is 16.1 Å². The summed E-state index contributed by atoms with van der Waals surface area (Å²) in [6, 6.07) is 2.53. The number of nitrogens with two attached hydrogens (primary N) is 1. The number of halogens is 1. The van der Waals surface area contributed by atoms with E-state index in [9.17, 15) is 18.0 Å². The molecule has 0 aliphatic carbocycles. The van der Waals surface area contributed by atoms with Crippen LogP contribution in [0.5, 0.6) is 0 Å². The van der Waals surface area contributed by atoms with E-state index in [1.165, 1.54) is 10.4 Å². The molecule has 1 saturated heterocycles. The first-order valence-electron chi connectivity index (χ1n) is 8.37. The van der Waals surface area contributed by atoms with Gasteiger partial charge in [-0.2, -0.15) is 4.31 Å². The van der Waals surface area contributed by atoms with E-state index in [1.54, 1.807) is 11.0 Å². The Morgan fingerprint density at radius 1 is 1.15 bits per heavy atom. The molecule has 26 heavy (non-hydrogen) atoms. The number of nitrogens with one attached hydrogen (secondary N) is 1. The zero-order valence-corrected chi connectivity index (χ0v) is 16.7. The van der Waals surface area contributed by atoms with E-state index in [4.69, 9.17) is 17.3 Å². The Bertz CT molecular complexity index is 730. The molecule has 0 unspecified atom stereocenters. The van der Waals surface area contributed by atoms with Gasteiger partial charge in [-0.25, -0.2) is 13.2 Å². The number of hydrogen-bond donors (Lipinski definition) is 2. The maximum atomic E-state index is 12.5. The Morgan fingerprint density at radius 2 is 1.85 bits per heavy atom. The summed E-state index contributed by atoms with van der Waals surface area (Å²) in [5.41, 5.74) is 4.97. The molecule has 0 radical (unpaired) electrons. The standard InChI is InChI=1S/C15H23ClN4O4S2/c16-12-5-6-14(25-12)26(23,24)20-10-8-19(9-11-20)13(21)4-2-1-3-7-18-15(17)22/h5-6H,1-4,7-11H2,(H3,17,18,22). The highest BCUT2D eigenvalue weighted by Crippen LogP contribution is 2.28. The van der Waals surface area contributed by atoms with Crippen LogP contribution in [0.15, 0.2) is 16.3 Å². The largest absolute Gasteiger partial charge is 0.352 e. The van der Waals surface area contributed by atoms with Gasteiger partial charge in [0.25, 0.3) is 10.0 Å². The van der Waals surface area contributed by atoms with E-state index in [-0.39, 0.29) is 23.2 Å². The second-order valence-corrected chi connectivity index (χ2v) is 9.82. The zero-order chi connectivity index (χ0) is 19.2. The predicted octanol–water partition coefficient (Wildman–Crippen LogP) is 1.46. The van der Waals surface area contributed by atoms with Gasteiger partial charge in [-0.05, 0) is 25.0 Å². The van der Waals surface area contributed by atoms with Gasteiger partial charge in [-0.15, -0.1) is 11.3 Å². The van der Waals surface area contributed by atoms with E-state index >= 15 is 0 Å². The minimum atomic E-state index is -3.54. The first-order chi connectivity index (χ1) is 12.3. The Labute approximate surface area is 162 Å². The van der Waals surface area contributed by atoms with Crippen LogP contribution in [0.4, 0.5) is 4.79 Å². The van der Waals surface area contributed by atoms with Gasteiger partial charge < -0.3 is 16.0 Å². The molecule has 1 aromatic heterocycles. The lowest BCUT2D eigenvalue weighted by molar-refractivity contribution is -0.132. The number of rotatable bonds is 8. The molecule has 0 saturated carbocycles. The number of nitrogens with zero attached hydrogens (tertiary/aromatic N) is 2. The van der Waals surface area contributed by atoms with Gasteiger partial charge in [0.15, 0.2) is 0 Å². The summed E-state index contributed by atoms with van der Waals surface area (Å²) in [7, 11) is -3.54. The van der Waals surface area contributed by atoms with Crippen LogP contribution in [0.1, 0.15) is 25.7 Å². The maximum Gasteiger partial charge on any atom is 0.312 e. The number of unbranched alkanes of at least 4 members (excludes halogenated alkanes) is 2. The van der Waals surface area contributed by atoms with Crippen molar-refractivity contribution in [1.82, 2.24) is 14.5 Å². The van der Waals surface area contributed by atoms with Crippen molar-refractivity contribution in [3.05, 3.63) is 16.5 Å². The molecule has 146 valence electrons. The number of carbonyl (C=O) groups is 2. The van der Waals surface area contributed by atoms with Crippen LogP contribution in [-0.4, -0.2) is 62.3 Å². The average Bonchev–Trinajstić information content (AvgIpc) is 3.05. The summed E-state index contributed by atoms with van der Waals surface area (Å²) in [5, 5.41) is 2.50. The van der Waals surface area contributed by atoms with Gasteiger partial charge in [-0.3, -0.25) is 4.79 Å². The van der Waals surface area contributed by atoms with Crippen molar-refractivity contribution in [3.8, 4) is 0 Å². The molecule has 1 aromatic rings. The Kier molecular flexibility index (Phi) is 7.69. The van der Waals surface area contributed by atoms with Crippen molar-refractivity contribution in [2.75, 3.05) is 32.7 Å². The van der Waals surface area contributed by atoms with Gasteiger partial charge in [0, 0.05) is 39.1 Å².